The van der Waals surface area contributed by atoms with Crippen molar-refractivity contribution < 1.29 is 4.74 Å². The lowest BCUT2D eigenvalue weighted by Gasteiger charge is -2.12. The van der Waals surface area contributed by atoms with Crippen LogP contribution in [0.4, 0.5) is 0 Å². The van der Waals surface area contributed by atoms with Crippen LogP contribution in [0, 0.1) is 6.92 Å². The molecule has 0 bridgehead atoms. The zero-order chi connectivity index (χ0) is 12.1. The van der Waals surface area contributed by atoms with E-state index < -0.39 is 0 Å². The lowest BCUT2D eigenvalue weighted by atomic mass is 10.0. The van der Waals surface area contributed by atoms with Crippen molar-refractivity contribution in [2.75, 3.05) is 13.2 Å². The Hall–Kier alpha value is -0.860. The molecule has 17 heavy (non-hydrogen) atoms. The van der Waals surface area contributed by atoms with Gasteiger partial charge < -0.3 is 4.74 Å². The van der Waals surface area contributed by atoms with Gasteiger partial charge in [0.1, 0.15) is 0 Å². The highest BCUT2D eigenvalue weighted by Gasteiger charge is 2.15. The van der Waals surface area contributed by atoms with Gasteiger partial charge in [0.05, 0.1) is 6.61 Å². The molecular weight excluding hydrogens is 228 g/mol. The Bertz CT molecular complexity index is 421. The van der Waals surface area contributed by atoms with Crippen LogP contribution in [0.25, 0.3) is 10.4 Å². The second kappa shape index (κ2) is 6.18. The van der Waals surface area contributed by atoms with Crippen molar-refractivity contribution in [2.24, 2.45) is 0 Å². The van der Waals surface area contributed by atoms with Crippen LogP contribution in [-0.2, 0) is 4.74 Å². The van der Waals surface area contributed by atoms with Gasteiger partial charge in [-0.1, -0.05) is 44.5 Å². The number of hydrogen-bond acceptors (Lipinski definition) is 2. The Labute approximate surface area is 108 Å². The van der Waals surface area contributed by atoms with Gasteiger partial charge in [-0.05, 0) is 22.9 Å². The highest BCUT2D eigenvalue weighted by atomic mass is 32.1. The van der Waals surface area contributed by atoms with Gasteiger partial charge in [-0.2, -0.15) is 0 Å². The van der Waals surface area contributed by atoms with Gasteiger partial charge in [0, 0.05) is 17.4 Å². The van der Waals surface area contributed by atoms with Crippen molar-refractivity contribution in [3.05, 3.63) is 42.1 Å². The summed E-state index contributed by atoms with van der Waals surface area (Å²) in [5.41, 5.74) is 2.76. The monoisotopic (exact) mass is 247 g/mol. The number of hydrogen-bond donors (Lipinski definition) is 0. The lowest BCUT2D eigenvalue weighted by Crippen LogP contribution is -2.05. The first-order valence-electron chi connectivity index (χ1n) is 6.16. The standard InChI is InChI=1S/C15H19OS/c1-3-4-9-16-11-12(2)14-8-7-13-6-5-10-17-15(13)14/h5-8,10,12H,1,3-4,9,11H2,2H3. The maximum absolute atomic E-state index is 5.67. The van der Waals surface area contributed by atoms with Crippen molar-refractivity contribution in [3.63, 3.8) is 0 Å². The first-order valence-corrected chi connectivity index (χ1v) is 7.04. The summed E-state index contributed by atoms with van der Waals surface area (Å²) in [6.45, 7) is 7.69. The molecule has 2 aliphatic rings. The summed E-state index contributed by atoms with van der Waals surface area (Å²) in [6, 6.07) is 8.71. The minimum absolute atomic E-state index is 0.468. The van der Waals surface area contributed by atoms with E-state index in [4.69, 9.17) is 4.74 Å². The molecule has 91 valence electrons. The fourth-order valence-corrected chi connectivity index (χ4v) is 2.93. The minimum Gasteiger partial charge on any atom is -0.381 e. The third-order valence-electron chi connectivity index (χ3n) is 2.94. The summed E-state index contributed by atoms with van der Waals surface area (Å²) < 4.78 is 5.67. The number of fused-ring (bicyclic) bond motifs is 1. The van der Waals surface area contributed by atoms with Crippen LogP contribution in [0.2, 0.25) is 0 Å². The van der Waals surface area contributed by atoms with Crippen LogP contribution < -0.4 is 0 Å². The molecule has 1 aliphatic heterocycles. The summed E-state index contributed by atoms with van der Waals surface area (Å²) in [7, 11) is 0. The minimum atomic E-state index is 0.468. The number of ether oxygens (including phenoxy) is 1. The van der Waals surface area contributed by atoms with Crippen molar-refractivity contribution in [3.8, 4) is 10.4 Å². The second-order valence-electron chi connectivity index (χ2n) is 4.37. The van der Waals surface area contributed by atoms with Gasteiger partial charge >= 0.3 is 0 Å². The Kier molecular flexibility index (Phi) is 4.57. The van der Waals surface area contributed by atoms with Gasteiger partial charge in [0.25, 0.3) is 0 Å². The zero-order valence-electron chi connectivity index (χ0n) is 10.3. The summed E-state index contributed by atoms with van der Waals surface area (Å²) in [5.74, 6) is 0.468. The Balaban J connectivity index is 1.97. The van der Waals surface area contributed by atoms with E-state index in [1.807, 2.05) is 11.3 Å². The fraction of sp³-hybridized carbons (Fsp3) is 0.400. The third-order valence-corrected chi connectivity index (χ3v) is 3.94. The molecule has 0 fully saturated rings. The Morgan fingerprint density at radius 1 is 1.35 bits per heavy atom. The molecule has 1 atom stereocenters. The van der Waals surface area contributed by atoms with Crippen molar-refractivity contribution in [2.45, 2.75) is 25.7 Å². The average molecular weight is 247 g/mol. The quantitative estimate of drug-likeness (QED) is 0.678. The molecule has 0 amide bonds. The van der Waals surface area contributed by atoms with E-state index in [0.717, 1.165) is 26.1 Å². The summed E-state index contributed by atoms with van der Waals surface area (Å²) in [4.78, 5) is 1.40. The highest BCUT2D eigenvalue weighted by molar-refractivity contribution is 7.13. The molecule has 2 rings (SSSR count). The number of rotatable bonds is 6. The smallest absolute Gasteiger partial charge is 0.0532 e. The van der Waals surface area contributed by atoms with Crippen LogP contribution in [0.5, 0.6) is 0 Å². The molecule has 1 unspecified atom stereocenters. The molecule has 0 aromatic carbocycles. The van der Waals surface area contributed by atoms with Crippen LogP contribution in [-0.4, -0.2) is 13.2 Å². The predicted molar refractivity (Wildman–Crippen MR) is 74.8 cm³/mol. The Morgan fingerprint density at radius 3 is 3.06 bits per heavy atom. The van der Waals surface area contributed by atoms with Crippen molar-refractivity contribution in [1.29, 1.82) is 0 Å². The average Bonchev–Trinajstić information content (AvgIpc) is 2.78. The third kappa shape index (κ3) is 3.08. The van der Waals surface area contributed by atoms with E-state index in [9.17, 15) is 0 Å². The van der Waals surface area contributed by atoms with Gasteiger partial charge in [0.15, 0.2) is 0 Å². The molecule has 0 saturated heterocycles. The Morgan fingerprint density at radius 2 is 2.24 bits per heavy atom. The molecule has 1 radical (unpaired) electrons. The first-order chi connectivity index (χ1) is 8.33. The van der Waals surface area contributed by atoms with Crippen molar-refractivity contribution in [1.82, 2.24) is 0 Å². The molecule has 0 N–H and O–H groups in total. The second-order valence-corrected chi connectivity index (χ2v) is 5.29. The maximum atomic E-state index is 5.67. The molecule has 1 nitrogen and oxygen atoms in total. The van der Waals surface area contributed by atoms with E-state index in [2.05, 4.69) is 43.5 Å². The molecule has 0 aromatic heterocycles. The molecule has 0 aromatic rings. The van der Waals surface area contributed by atoms with Crippen LogP contribution in [0.15, 0.2) is 29.6 Å². The predicted octanol–water partition coefficient (Wildman–Crippen LogP) is 4.59. The summed E-state index contributed by atoms with van der Waals surface area (Å²) >= 11 is 1.82. The topological polar surface area (TPSA) is 9.23 Å². The largest absolute Gasteiger partial charge is 0.381 e. The van der Waals surface area contributed by atoms with Gasteiger partial charge in [0.2, 0.25) is 0 Å². The molecule has 0 spiro atoms. The highest BCUT2D eigenvalue weighted by Crippen LogP contribution is 2.35. The molecule has 1 aliphatic carbocycles. The number of unbranched alkanes of at least 4 members (excludes halogenated alkanes) is 1. The van der Waals surface area contributed by atoms with Crippen LogP contribution in [0.3, 0.4) is 0 Å². The molecule has 0 saturated carbocycles. The normalized spacial score (nSPS) is 13.1. The summed E-state index contributed by atoms with van der Waals surface area (Å²) in [5, 5.41) is 2.14. The van der Waals surface area contributed by atoms with E-state index in [1.54, 1.807) is 0 Å². The van der Waals surface area contributed by atoms with E-state index in [0.29, 0.717) is 5.92 Å². The first kappa shape index (κ1) is 12.6. The van der Waals surface area contributed by atoms with E-state index >= 15 is 0 Å². The van der Waals surface area contributed by atoms with Gasteiger partial charge in [-0.15, -0.1) is 11.3 Å². The van der Waals surface area contributed by atoms with Gasteiger partial charge in [-0.3, -0.25) is 0 Å². The SMILES string of the molecule is [CH2]CCCOCC(C)c1ccc2cccsc1-2. The summed E-state index contributed by atoms with van der Waals surface area (Å²) in [6.07, 6.45) is 2.01. The lowest BCUT2D eigenvalue weighted by molar-refractivity contribution is 0.122. The zero-order valence-corrected chi connectivity index (χ0v) is 11.1. The maximum Gasteiger partial charge on any atom is 0.0532 e. The molecular formula is C15H19OS. The van der Waals surface area contributed by atoms with Crippen molar-refractivity contribution >= 4 is 11.3 Å². The molecule has 2 heteroatoms. The van der Waals surface area contributed by atoms with Crippen LogP contribution >= 0.6 is 11.3 Å². The molecule has 1 heterocycles. The fourth-order valence-electron chi connectivity index (χ4n) is 1.96. The van der Waals surface area contributed by atoms with E-state index in [-0.39, 0.29) is 0 Å². The van der Waals surface area contributed by atoms with Crippen LogP contribution in [0.1, 0.15) is 31.2 Å². The van der Waals surface area contributed by atoms with E-state index in [1.165, 1.54) is 16.0 Å². The van der Waals surface area contributed by atoms with Gasteiger partial charge in [-0.25, -0.2) is 0 Å².